The molecule has 0 aliphatic rings. The third kappa shape index (κ3) is 71.1. The molecule has 0 aromatic carbocycles. The lowest BCUT2D eigenvalue weighted by Gasteiger charge is -2.21. The first-order chi connectivity index (χ1) is 47.4. The number of aliphatic hydroxyl groups is 1. The second-order valence-corrected chi connectivity index (χ2v) is 32.1. The van der Waals surface area contributed by atoms with Gasteiger partial charge in [-0.25, -0.2) is 9.13 Å². The summed E-state index contributed by atoms with van der Waals surface area (Å²) in [4.78, 5) is 72.7. The molecule has 0 rings (SSSR count). The van der Waals surface area contributed by atoms with Crippen molar-refractivity contribution < 1.29 is 80.2 Å². The molecule has 0 saturated carbocycles. The Morgan fingerprint density at radius 3 is 0.776 bits per heavy atom. The van der Waals surface area contributed by atoms with E-state index in [1.807, 2.05) is 0 Å². The number of hydrogen-bond acceptors (Lipinski definition) is 15. The fourth-order valence-electron chi connectivity index (χ4n) is 12.2. The van der Waals surface area contributed by atoms with Crippen molar-refractivity contribution in [3.05, 3.63) is 0 Å². The molecule has 0 fully saturated rings. The lowest BCUT2D eigenvalue weighted by Crippen LogP contribution is -2.30. The number of esters is 4. The first kappa shape index (κ1) is 96.1. The molecule has 17 nitrogen and oxygen atoms in total. The van der Waals surface area contributed by atoms with Gasteiger partial charge < -0.3 is 33.8 Å². The van der Waals surface area contributed by atoms with Crippen molar-refractivity contribution in [1.82, 2.24) is 0 Å². The summed E-state index contributed by atoms with van der Waals surface area (Å²) in [5.74, 6) is -0.551. The maximum atomic E-state index is 13.1. The topological polar surface area (TPSA) is 237 Å². The van der Waals surface area contributed by atoms with E-state index in [-0.39, 0.29) is 25.7 Å². The lowest BCUT2D eigenvalue weighted by atomic mass is 9.99. The summed E-state index contributed by atoms with van der Waals surface area (Å²) in [5.41, 5.74) is 0. The van der Waals surface area contributed by atoms with Gasteiger partial charge in [-0.05, 0) is 37.5 Å². The summed E-state index contributed by atoms with van der Waals surface area (Å²) in [6.45, 7) is 9.58. The van der Waals surface area contributed by atoms with Gasteiger partial charge in [-0.3, -0.25) is 37.3 Å². The average molecular weight is 1440 g/mol. The number of phosphoric ester groups is 2. The molecule has 0 aliphatic carbocycles. The van der Waals surface area contributed by atoms with E-state index in [0.29, 0.717) is 25.7 Å². The molecule has 582 valence electrons. The molecule has 0 spiro atoms. The zero-order valence-electron chi connectivity index (χ0n) is 64.1. The van der Waals surface area contributed by atoms with Crippen molar-refractivity contribution in [2.75, 3.05) is 39.6 Å². The fraction of sp³-hybridized carbons (Fsp3) is 0.949. The van der Waals surface area contributed by atoms with Crippen LogP contribution in [0.3, 0.4) is 0 Å². The Labute approximate surface area is 600 Å². The minimum absolute atomic E-state index is 0.104. The van der Waals surface area contributed by atoms with Crippen LogP contribution in [0.5, 0.6) is 0 Å². The Kier molecular flexibility index (Phi) is 69.3. The van der Waals surface area contributed by atoms with Gasteiger partial charge in [0.05, 0.1) is 26.4 Å². The first-order valence-electron chi connectivity index (χ1n) is 41.0. The van der Waals surface area contributed by atoms with Crippen molar-refractivity contribution in [3.8, 4) is 0 Å². The Hall–Kier alpha value is -1.94. The Balaban J connectivity index is 5.15. The van der Waals surface area contributed by atoms with Crippen molar-refractivity contribution in [2.45, 2.75) is 432 Å². The summed E-state index contributed by atoms with van der Waals surface area (Å²) in [6.07, 6.45) is 60.0. The van der Waals surface area contributed by atoms with Gasteiger partial charge in [0.2, 0.25) is 0 Å². The third-order valence-electron chi connectivity index (χ3n) is 18.8. The monoisotopic (exact) mass is 1440 g/mol. The van der Waals surface area contributed by atoms with Crippen LogP contribution in [0, 0.1) is 11.8 Å². The smallest absolute Gasteiger partial charge is 0.462 e. The molecule has 0 saturated heterocycles. The van der Waals surface area contributed by atoms with Gasteiger partial charge in [0, 0.05) is 25.7 Å². The first-order valence-corrected chi connectivity index (χ1v) is 44.0. The summed E-state index contributed by atoms with van der Waals surface area (Å²) in [7, 11) is -9.91. The van der Waals surface area contributed by atoms with Crippen LogP contribution in [-0.2, 0) is 65.4 Å². The van der Waals surface area contributed by atoms with Crippen molar-refractivity contribution >= 4 is 39.5 Å². The van der Waals surface area contributed by atoms with Crippen LogP contribution >= 0.6 is 15.6 Å². The minimum Gasteiger partial charge on any atom is -0.462 e. The van der Waals surface area contributed by atoms with E-state index in [9.17, 15) is 43.2 Å². The Morgan fingerprint density at radius 2 is 0.520 bits per heavy atom. The average Bonchev–Trinajstić information content (AvgIpc) is 0.949. The van der Waals surface area contributed by atoms with Gasteiger partial charge in [0.25, 0.3) is 0 Å². The number of aliphatic hydroxyl groups excluding tert-OH is 1. The van der Waals surface area contributed by atoms with Gasteiger partial charge in [-0.2, -0.15) is 0 Å². The molecular weight excluding hydrogens is 1280 g/mol. The number of rotatable bonds is 78. The van der Waals surface area contributed by atoms with Crippen LogP contribution < -0.4 is 0 Å². The van der Waals surface area contributed by atoms with Crippen LogP contribution in [-0.4, -0.2) is 96.7 Å². The van der Waals surface area contributed by atoms with Gasteiger partial charge in [-0.15, -0.1) is 0 Å². The maximum Gasteiger partial charge on any atom is 0.472 e. The molecule has 0 heterocycles. The van der Waals surface area contributed by atoms with E-state index in [0.717, 1.165) is 115 Å². The number of hydrogen-bond donors (Lipinski definition) is 3. The van der Waals surface area contributed by atoms with Crippen LogP contribution in [0.1, 0.15) is 414 Å². The number of carbonyl (C=O) groups excluding carboxylic acids is 4. The van der Waals surface area contributed by atoms with Gasteiger partial charge in [-0.1, -0.05) is 363 Å². The summed E-state index contributed by atoms with van der Waals surface area (Å²) < 4.78 is 68.5. The molecule has 19 heteroatoms. The number of carbonyl (C=O) groups is 4. The molecule has 0 aromatic rings. The van der Waals surface area contributed by atoms with E-state index < -0.39 is 97.5 Å². The van der Waals surface area contributed by atoms with E-state index in [2.05, 4.69) is 41.5 Å². The highest BCUT2D eigenvalue weighted by molar-refractivity contribution is 7.47. The summed E-state index contributed by atoms with van der Waals surface area (Å²) in [5, 5.41) is 10.6. The Bertz CT molecular complexity index is 1890. The van der Waals surface area contributed by atoms with E-state index >= 15 is 0 Å². The number of ether oxygens (including phenoxy) is 4. The normalized spacial score (nSPS) is 14.2. The Morgan fingerprint density at radius 1 is 0.296 bits per heavy atom. The summed E-state index contributed by atoms with van der Waals surface area (Å²) in [6, 6.07) is 0. The minimum atomic E-state index is -4.96. The van der Waals surface area contributed by atoms with Crippen LogP contribution in [0.2, 0.25) is 0 Å². The molecule has 3 unspecified atom stereocenters. The summed E-state index contributed by atoms with van der Waals surface area (Å²) >= 11 is 0. The molecule has 6 atom stereocenters. The van der Waals surface area contributed by atoms with Gasteiger partial charge in [0.1, 0.15) is 19.3 Å². The van der Waals surface area contributed by atoms with Crippen LogP contribution in [0.4, 0.5) is 0 Å². The second kappa shape index (κ2) is 70.7. The molecule has 0 radical (unpaired) electrons. The van der Waals surface area contributed by atoms with Gasteiger partial charge >= 0.3 is 39.5 Å². The third-order valence-corrected chi connectivity index (χ3v) is 20.7. The van der Waals surface area contributed by atoms with Crippen molar-refractivity contribution in [1.29, 1.82) is 0 Å². The zero-order chi connectivity index (χ0) is 72.1. The second-order valence-electron chi connectivity index (χ2n) is 29.2. The molecule has 0 amide bonds. The van der Waals surface area contributed by atoms with E-state index in [1.165, 1.54) is 218 Å². The highest BCUT2D eigenvalue weighted by Gasteiger charge is 2.30. The largest absolute Gasteiger partial charge is 0.472 e. The molecule has 98 heavy (non-hydrogen) atoms. The highest BCUT2D eigenvalue weighted by Crippen LogP contribution is 2.45. The lowest BCUT2D eigenvalue weighted by molar-refractivity contribution is -0.161. The molecular formula is C79H154O17P2. The van der Waals surface area contributed by atoms with Crippen LogP contribution in [0.15, 0.2) is 0 Å². The zero-order valence-corrected chi connectivity index (χ0v) is 65.9. The number of unbranched alkanes of at least 4 members (excludes halogenated alkanes) is 47. The standard InChI is InChI=1S/C79H154O17P2/c1-7-10-12-14-16-17-18-19-20-21-22-23-24-25-26-27-32-35-38-45-51-57-63-78(83)95-75(68-90-77(82)62-56-50-44-37-34-31-29-28-30-33-36-43-48-54-60-72(6)9-3)70-94-98(87,88)92-66-73(80)65-91-97(85,86)93-69-74(67-89-76(81)61-55-49-41-15-13-11-8-2)96-79(84)64-58-52-46-40-39-42-47-53-59-71(4)5/h71-75,80H,7-70H2,1-6H3,(H,85,86)(H,87,88)/t72?,73-,74+,75+/m0/s1. The predicted molar refractivity (Wildman–Crippen MR) is 400 cm³/mol. The molecule has 0 bridgehead atoms. The van der Waals surface area contributed by atoms with Gasteiger partial charge in [0.15, 0.2) is 12.2 Å². The van der Waals surface area contributed by atoms with E-state index in [1.54, 1.807) is 0 Å². The maximum absolute atomic E-state index is 13.1. The van der Waals surface area contributed by atoms with Crippen LogP contribution in [0.25, 0.3) is 0 Å². The predicted octanol–water partition coefficient (Wildman–Crippen LogP) is 23.5. The van der Waals surface area contributed by atoms with Crippen molar-refractivity contribution in [2.24, 2.45) is 11.8 Å². The molecule has 0 aromatic heterocycles. The quantitative estimate of drug-likeness (QED) is 0.0222. The SMILES string of the molecule is CCCCCCCCCCCCCCCCCCCCCCCCC(=O)O[C@H](COC(=O)CCCCCCCCCCCCCCCCC(C)CC)COP(=O)(O)OC[C@@H](O)COP(=O)(O)OC[C@@H](COC(=O)CCCCCCCCC)OC(=O)CCCCCCCCCCC(C)C. The number of phosphoric acid groups is 2. The fourth-order valence-corrected chi connectivity index (χ4v) is 13.7. The van der Waals surface area contributed by atoms with Crippen molar-refractivity contribution in [3.63, 3.8) is 0 Å². The molecule has 3 N–H and O–H groups in total. The molecule has 0 aliphatic heterocycles. The highest BCUT2D eigenvalue weighted by atomic mass is 31.2. The van der Waals surface area contributed by atoms with E-state index in [4.69, 9.17) is 37.0 Å².